The molecule has 1 aliphatic heterocycles. The molecule has 1 saturated carbocycles. The zero-order chi connectivity index (χ0) is 39.0. The fourth-order valence-corrected chi connectivity index (χ4v) is 8.25. The summed E-state index contributed by atoms with van der Waals surface area (Å²) >= 11 is 0. The molecule has 1 saturated heterocycles. The van der Waals surface area contributed by atoms with E-state index in [1.54, 1.807) is 19.1 Å². The summed E-state index contributed by atoms with van der Waals surface area (Å²) in [7, 11) is 9.99. The molecule has 0 aromatic heterocycles. The van der Waals surface area contributed by atoms with Crippen LogP contribution in [0.3, 0.4) is 0 Å². The van der Waals surface area contributed by atoms with Gasteiger partial charge in [0.1, 0.15) is 17.9 Å². The Morgan fingerprint density at radius 3 is 2.15 bits per heavy atom. The van der Waals surface area contributed by atoms with Gasteiger partial charge in [-0.25, -0.2) is 0 Å². The number of hydrogen-bond donors (Lipinski definition) is 5. The van der Waals surface area contributed by atoms with Gasteiger partial charge in [-0.1, -0.05) is 58.9 Å². The van der Waals surface area contributed by atoms with E-state index >= 15 is 0 Å². The van der Waals surface area contributed by atoms with E-state index in [9.17, 15) is 15.0 Å². The van der Waals surface area contributed by atoms with E-state index in [1.807, 2.05) is 12.1 Å². The number of carbonyl (C=O) groups is 1. The second kappa shape index (κ2) is 19.3. The maximum atomic E-state index is 14.3. The van der Waals surface area contributed by atoms with Crippen LogP contribution in [0.25, 0.3) is 11.1 Å². The molecule has 0 bridgehead atoms. The first-order valence-electron chi connectivity index (χ1n) is 19.6. The van der Waals surface area contributed by atoms with E-state index < -0.39 is 24.2 Å². The summed E-state index contributed by atoms with van der Waals surface area (Å²) in [6.07, 6.45) is -0.714. The van der Waals surface area contributed by atoms with E-state index in [2.05, 4.69) is 113 Å². The molecular weight excluding hydrogens is 668 g/mol. The summed E-state index contributed by atoms with van der Waals surface area (Å²) < 4.78 is 6.15. The van der Waals surface area contributed by atoms with Crippen LogP contribution in [0.5, 0.6) is 5.75 Å². The number of aliphatic hydroxyl groups excluding tert-OH is 2. The number of nitrogens with zero attached hydrogens (tertiary/aromatic N) is 3. The highest BCUT2D eigenvalue weighted by Gasteiger charge is 2.51. The Bertz CT molecular complexity index is 1430. The fourth-order valence-electron chi connectivity index (χ4n) is 8.25. The molecule has 4 rings (SSSR count). The fraction of sp³-hybridized carbons (Fsp3) is 0.690. The van der Waals surface area contributed by atoms with Crippen molar-refractivity contribution in [2.45, 2.75) is 91.9 Å². The van der Waals surface area contributed by atoms with Gasteiger partial charge in [-0.3, -0.25) is 9.63 Å². The van der Waals surface area contributed by atoms with Crippen LogP contribution >= 0.6 is 0 Å². The van der Waals surface area contributed by atoms with Crippen LogP contribution in [-0.4, -0.2) is 123 Å². The molecule has 5 N–H and O–H groups in total. The second-order valence-electron chi connectivity index (χ2n) is 16.9. The minimum atomic E-state index is -0.875. The van der Waals surface area contributed by atoms with Crippen molar-refractivity contribution in [2.24, 2.45) is 29.1 Å². The van der Waals surface area contributed by atoms with E-state index in [1.165, 1.54) is 11.1 Å². The molecule has 2 aromatic rings. The third-order valence-corrected chi connectivity index (χ3v) is 12.3. The van der Waals surface area contributed by atoms with Crippen molar-refractivity contribution < 1.29 is 24.6 Å². The van der Waals surface area contributed by atoms with Crippen LogP contribution in [-0.2, 0) is 29.3 Å². The Kier molecular flexibility index (Phi) is 15.7. The highest BCUT2D eigenvalue weighted by molar-refractivity contribution is 5.83. The average Bonchev–Trinajstić information content (AvgIpc) is 3.48. The molecule has 11 nitrogen and oxygen atoms in total. The molecule has 11 heteroatoms. The Balaban J connectivity index is 1.65. The summed E-state index contributed by atoms with van der Waals surface area (Å²) in [6, 6.07) is 12.0. The maximum absolute atomic E-state index is 14.3. The van der Waals surface area contributed by atoms with Crippen molar-refractivity contribution in [3.8, 4) is 16.9 Å². The predicted molar refractivity (Wildman–Crippen MR) is 213 cm³/mol. The van der Waals surface area contributed by atoms with Crippen LogP contribution in [0.1, 0.15) is 64.7 Å². The lowest BCUT2D eigenvalue weighted by Crippen LogP contribution is -2.56. The SMILES string of the molecule is COc1c(CN2O[C@@H](CO)[C@H]([C@H](C)O)[C@H]2C(=O)N[C@H]2C[C@@H](C)C(C)(C)[C@@H](C)[C@@H]2C)cccc1-c1cc(CNCCN(C)C)cc(CNCCN(C)C)c1. The van der Waals surface area contributed by atoms with Crippen molar-refractivity contribution >= 4 is 5.91 Å². The second-order valence-corrected chi connectivity index (χ2v) is 16.9. The first kappa shape index (κ1) is 43.1. The van der Waals surface area contributed by atoms with Crippen LogP contribution in [0.15, 0.2) is 36.4 Å². The molecule has 2 aliphatic rings. The highest BCUT2D eigenvalue weighted by atomic mass is 16.7. The van der Waals surface area contributed by atoms with Gasteiger partial charge in [-0.15, -0.1) is 0 Å². The number of hydroxylamine groups is 2. The van der Waals surface area contributed by atoms with Gasteiger partial charge >= 0.3 is 0 Å². The van der Waals surface area contributed by atoms with Gasteiger partial charge in [0.25, 0.3) is 0 Å². The third-order valence-electron chi connectivity index (χ3n) is 12.3. The number of carbonyl (C=O) groups excluding carboxylic acids is 1. The first-order chi connectivity index (χ1) is 25.1. The van der Waals surface area contributed by atoms with E-state index in [4.69, 9.17) is 9.57 Å². The monoisotopic (exact) mass is 739 g/mol. The molecule has 2 aromatic carbocycles. The molecule has 0 spiro atoms. The molecule has 1 amide bonds. The van der Waals surface area contributed by atoms with Crippen molar-refractivity contribution in [1.82, 2.24) is 30.8 Å². The molecule has 298 valence electrons. The summed E-state index contributed by atoms with van der Waals surface area (Å²) in [4.78, 5) is 25.0. The van der Waals surface area contributed by atoms with Crippen molar-refractivity contribution in [2.75, 3.05) is 68.1 Å². The van der Waals surface area contributed by atoms with E-state index in [0.717, 1.165) is 62.4 Å². The van der Waals surface area contributed by atoms with Gasteiger partial charge in [-0.05, 0) is 93.5 Å². The average molecular weight is 739 g/mol. The molecule has 2 fully saturated rings. The van der Waals surface area contributed by atoms with Gasteiger partial charge in [0.2, 0.25) is 5.91 Å². The lowest BCUT2D eigenvalue weighted by molar-refractivity contribution is -0.182. The molecule has 53 heavy (non-hydrogen) atoms. The van der Waals surface area contributed by atoms with Crippen LogP contribution in [0, 0.1) is 29.1 Å². The van der Waals surface area contributed by atoms with Gasteiger partial charge < -0.3 is 40.7 Å². The van der Waals surface area contributed by atoms with Crippen molar-refractivity contribution in [1.29, 1.82) is 0 Å². The summed E-state index contributed by atoms with van der Waals surface area (Å²) in [5, 5.41) is 33.6. The van der Waals surface area contributed by atoms with Gasteiger partial charge in [0.05, 0.1) is 26.4 Å². The summed E-state index contributed by atoms with van der Waals surface area (Å²) in [5.41, 5.74) is 5.38. The summed E-state index contributed by atoms with van der Waals surface area (Å²) in [6.45, 7) is 18.2. The Hall–Kier alpha value is -2.61. The largest absolute Gasteiger partial charge is 0.496 e. The van der Waals surface area contributed by atoms with Crippen molar-refractivity contribution in [3.05, 3.63) is 53.1 Å². The first-order valence-corrected chi connectivity index (χ1v) is 19.6. The van der Waals surface area contributed by atoms with Crippen molar-refractivity contribution in [3.63, 3.8) is 0 Å². The van der Waals surface area contributed by atoms with Crippen LogP contribution in [0.4, 0.5) is 0 Å². The van der Waals surface area contributed by atoms with Gasteiger partial charge in [0, 0.05) is 62.4 Å². The van der Waals surface area contributed by atoms with E-state index in [-0.39, 0.29) is 36.4 Å². The number of likely N-dealkylation sites (N-methyl/N-ethyl adjacent to an activating group) is 2. The molecule has 1 aliphatic carbocycles. The van der Waals surface area contributed by atoms with Gasteiger partial charge in [-0.2, -0.15) is 5.06 Å². The maximum Gasteiger partial charge on any atom is 0.240 e. The number of benzene rings is 2. The molecule has 1 heterocycles. The number of ether oxygens (including phenoxy) is 1. The zero-order valence-corrected chi connectivity index (χ0v) is 34.4. The molecule has 0 radical (unpaired) electrons. The lowest BCUT2D eigenvalue weighted by atomic mass is 9.58. The Morgan fingerprint density at radius 1 is 1.02 bits per heavy atom. The normalized spacial score (nSPS) is 26.7. The number of methoxy groups -OCH3 is 1. The number of rotatable bonds is 18. The predicted octanol–water partition coefficient (Wildman–Crippen LogP) is 3.96. The smallest absolute Gasteiger partial charge is 0.240 e. The minimum Gasteiger partial charge on any atom is -0.496 e. The number of nitrogens with one attached hydrogen (secondary N) is 3. The zero-order valence-electron chi connectivity index (χ0n) is 34.4. The standard InChI is InChI=1S/C42H70N6O5/c1-27-19-36(28(2)29(3)42(27,5)6)45-41(51)39-38(30(4)50)37(26-49)53-48(39)25-33-13-12-14-35(40(33)52-11)34-21-31(23-43-15-17-46(7)8)20-32(22-34)24-44-16-18-47(9)10/h12-14,20-22,27-30,36-39,43-44,49-50H,15-19,23-26H2,1-11H3,(H,45,51)/t27-,28+,29+,30+,36+,37+,38+,39+/m1/s1. The highest BCUT2D eigenvalue weighted by Crippen LogP contribution is 2.47. The molecule has 8 atom stereocenters. The van der Waals surface area contributed by atoms with Crippen LogP contribution in [0.2, 0.25) is 0 Å². The number of hydrogen-bond acceptors (Lipinski definition) is 10. The quantitative estimate of drug-likeness (QED) is 0.144. The third kappa shape index (κ3) is 10.8. The number of aliphatic hydroxyl groups is 2. The molecular formula is C42H70N6O5. The van der Waals surface area contributed by atoms with Gasteiger partial charge in [0.15, 0.2) is 0 Å². The minimum absolute atomic E-state index is 0.000667. The number of para-hydroxylation sites is 1. The lowest BCUT2D eigenvalue weighted by Gasteiger charge is -2.50. The van der Waals surface area contributed by atoms with Crippen LogP contribution < -0.4 is 20.7 Å². The number of amides is 1. The van der Waals surface area contributed by atoms with E-state index in [0.29, 0.717) is 17.6 Å². The topological polar surface area (TPSA) is 122 Å². The Morgan fingerprint density at radius 2 is 1.62 bits per heavy atom. The summed E-state index contributed by atoms with van der Waals surface area (Å²) in [5.74, 6) is 1.03. The Labute approximate surface area is 319 Å². The molecule has 0 unspecified atom stereocenters.